The maximum absolute atomic E-state index is 13.4. The van der Waals surface area contributed by atoms with Gasteiger partial charge in [0.2, 0.25) is 0 Å². The Morgan fingerprint density at radius 2 is 1.93 bits per heavy atom. The van der Waals surface area contributed by atoms with Crippen molar-refractivity contribution in [3.63, 3.8) is 0 Å². The van der Waals surface area contributed by atoms with E-state index in [1.54, 1.807) is 19.1 Å². The van der Waals surface area contributed by atoms with Crippen LogP contribution in [-0.2, 0) is 4.79 Å². The molecule has 2 heterocycles. The molecule has 2 aliphatic rings. The molecule has 0 saturated heterocycles. The van der Waals surface area contributed by atoms with Crippen molar-refractivity contribution in [2.24, 2.45) is 0 Å². The zero-order valence-corrected chi connectivity index (χ0v) is 17.9. The monoisotopic (exact) mass is 408 g/mol. The molecule has 1 N–H and O–H groups in total. The zero-order valence-electron chi connectivity index (χ0n) is 17.9. The molecule has 7 nitrogen and oxygen atoms in total. The molecule has 1 unspecified atom stereocenters. The van der Waals surface area contributed by atoms with Gasteiger partial charge in [-0.15, -0.1) is 0 Å². The summed E-state index contributed by atoms with van der Waals surface area (Å²) in [6, 6.07) is 11.1. The number of ether oxygens (including phenoxy) is 1. The number of nitrogens with zero attached hydrogens (tertiary/aromatic N) is 3. The highest BCUT2D eigenvalue weighted by Gasteiger charge is 2.43. The summed E-state index contributed by atoms with van der Waals surface area (Å²) in [7, 11) is 7.38. The molecule has 0 aliphatic carbocycles. The van der Waals surface area contributed by atoms with E-state index in [1.807, 2.05) is 55.4 Å². The largest absolute Gasteiger partial charge is 0.496 e. The quantitative estimate of drug-likeness (QED) is 0.798. The van der Waals surface area contributed by atoms with Gasteiger partial charge in [-0.2, -0.15) is 0 Å². The number of hydrogen-bond acceptors (Lipinski definition) is 4. The van der Waals surface area contributed by atoms with Crippen LogP contribution in [0.15, 0.2) is 47.7 Å². The van der Waals surface area contributed by atoms with E-state index in [0.717, 1.165) is 35.0 Å². The number of urea groups is 1. The average molecular weight is 409 g/mol. The van der Waals surface area contributed by atoms with Gasteiger partial charge in [0.05, 0.1) is 31.0 Å². The molecule has 2 aromatic rings. The van der Waals surface area contributed by atoms with Crippen LogP contribution in [0.25, 0.3) is 10.8 Å². The van der Waals surface area contributed by atoms with Gasteiger partial charge in [-0.25, -0.2) is 4.79 Å². The molecule has 0 aromatic heterocycles. The number of methoxy groups -OCH3 is 1. The molecule has 2 aromatic carbocycles. The number of amides is 3. The molecule has 0 fully saturated rings. The predicted octanol–water partition coefficient (Wildman–Crippen LogP) is 2.59. The number of carbonyl (C=O) groups is 2. The Labute approximate surface area is 176 Å². The van der Waals surface area contributed by atoms with Crippen molar-refractivity contribution in [3.05, 3.63) is 53.2 Å². The van der Waals surface area contributed by atoms with Crippen molar-refractivity contribution in [1.82, 2.24) is 20.0 Å². The lowest BCUT2D eigenvalue weighted by Crippen LogP contribution is -2.45. The second-order valence-corrected chi connectivity index (χ2v) is 8.09. The second kappa shape index (κ2) is 7.99. The van der Waals surface area contributed by atoms with Crippen LogP contribution in [0.2, 0.25) is 0 Å². The van der Waals surface area contributed by atoms with Crippen LogP contribution >= 0.6 is 0 Å². The highest BCUT2D eigenvalue weighted by Crippen LogP contribution is 2.42. The Bertz CT molecular complexity index is 1030. The molecular formula is C23H28N4O3. The molecule has 4 rings (SSSR count). The van der Waals surface area contributed by atoms with Crippen molar-refractivity contribution in [3.8, 4) is 5.75 Å². The van der Waals surface area contributed by atoms with Crippen molar-refractivity contribution in [2.45, 2.75) is 12.5 Å². The first-order chi connectivity index (χ1) is 14.4. The van der Waals surface area contributed by atoms with Gasteiger partial charge >= 0.3 is 6.03 Å². The fourth-order valence-electron chi connectivity index (χ4n) is 4.35. The first kappa shape index (κ1) is 20.2. The highest BCUT2D eigenvalue weighted by molar-refractivity contribution is 6.03. The van der Waals surface area contributed by atoms with Crippen LogP contribution in [0.1, 0.15) is 18.0 Å². The van der Waals surface area contributed by atoms with Crippen LogP contribution in [0.3, 0.4) is 0 Å². The minimum atomic E-state index is -0.545. The molecule has 0 spiro atoms. The van der Waals surface area contributed by atoms with E-state index in [2.05, 4.69) is 10.2 Å². The predicted molar refractivity (Wildman–Crippen MR) is 116 cm³/mol. The summed E-state index contributed by atoms with van der Waals surface area (Å²) >= 11 is 0. The van der Waals surface area contributed by atoms with Crippen LogP contribution in [0.4, 0.5) is 4.79 Å². The molecule has 1 atom stereocenters. The van der Waals surface area contributed by atoms with Gasteiger partial charge in [-0.05, 0) is 43.9 Å². The topological polar surface area (TPSA) is 65.1 Å². The average Bonchev–Trinajstić information content (AvgIpc) is 3.06. The lowest BCUT2D eigenvalue weighted by Gasteiger charge is -2.32. The minimum absolute atomic E-state index is 0.0180. The molecule has 0 radical (unpaired) electrons. The van der Waals surface area contributed by atoms with E-state index < -0.39 is 6.04 Å². The first-order valence-electron chi connectivity index (χ1n) is 10.2. The van der Waals surface area contributed by atoms with E-state index in [0.29, 0.717) is 24.4 Å². The first-order valence-corrected chi connectivity index (χ1v) is 10.2. The maximum Gasteiger partial charge on any atom is 0.322 e. The van der Waals surface area contributed by atoms with Crippen molar-refractivity contribution >= 4 is 22.7 Å². The second-order valence-electron chi connectivity index (χ2n) is 8.09. The molecule has 30 heavy (non-hydrogen) atoms. The molecule has 158 valence electrons. The third kappa shape index (κ3) is 3.39. The molecular weight excluding hydrogens is 380 g/mol. The van der Waals surface area contributed by atoms with Gasteiger partial charge in [-0.1, -0.05) is 30.3 Å². The van der Waals surface area contributed by atoms with Gasteiger partial charge in [0.1, 0.15) is 5.75 Å². The molecule has 3 amide bonds. The normalized spacial score (nSPS) is 19.0. The Balaban J connectivity index is 1.77. The van der Waals surface area contributed by atoms with Crippen molar-refractivity contribution in [1.29, 1.82) is 0 Å². The Kier molecular flexibility index (Phi) is 5.39. The van der Waals surface area contributed by atoms with E-state index in [-0.39, 0.29) is 11.9 Å². The number of rotatable bonds is 6. The van der Waals surface area contributed by atoms with E-state index in [1.165, 1.54) is 0 Å². The lowest BCUT2D eigenvalue weighted by atomic mass is 9.90. The number of carbonyl (C=O) groups excluding carboxylic acids is 2. The van der Waals surface area contributed by atoms with Crippen LogP contribution in [-0.4, -0.2) is 74.5 Å². The summed E-state index contributed by atoms with van der Waals surface area (Å²) in [6.45, 7) is 2.02. The van der Waals surface area contributed by atoms with Crippen molar-refractivity contribution in [2.75, 3.05) is 47.9 Å². The summed E-state index contributed by atoms with van der Waals surface area (Å²) in [5, 5.41) is 5.05. The number of likely N-dealkylation sites (N-methyl/N-ethyl adjacent to an activating group) is 1. The van der Waals surface area contributed by atoms with Gasteiger partial charge in [0.25, 0.3) is 5.91 Å². The maximum atomic E-state index is 13.4. The molecule has 0 saturated carbocycles. The molecule has 0 bridgehead atoms. The van der Waals surface area contributed by atoms with E-state index in [9.17, 15) is 9.59 Å². The number of fused-ring (bicyclic) bond motifs is 1. The summed E-state index contributed by atoms with van der Waals surface area (Å²) in [5.41, 5.74) is 2.23. The smallest absolute Gasteiger partial charge is 0.322 e. The van der Waals surface area contributed by atoms with Gasteiger partial charge in [-0.3, -0.25) is 9.69 Å². The Morgan fingerprint density at radius 3 is 2.67 bits per heavy atom. The summed E-state index contributed by atoms with van der Waals surface area (Å²) in [4.78, 5) is 31.7. The third-order valence-electron chi connectivity index (χ3n) is 5.91. The number of hydrogen-bond donors (Lipinski definition) is 1. The minimum Gasteiger partial charge on any atom is -0.496 e. The van der Waals surface area contributed by atoms with Gasteiger partial charge in [0.15, 0.2) is 0 Å². The molecule has 2 aliphatic heterocycles. The number of nitrogens with one attached hydrogen (secondary N) is 1. The van der Waals surface area contributed by atoms with E-state index in [4.69, 9.17) is 4.74 Å². The lowest BCUT2D eigenvalue weighted by molar-refractivity contribution is -0.125. The fraction of sp³-hybridized carbons (Fsp3) is 0.391. The van der Waals surface area contributed by atoms with Crippen molar-refractivity contribution < 1.29 is 14.3 Å². The molecule has 7 heteroatoms. The van der Waals surface area contributed by atoms with Crippen LogP contribution in [0, 0.1) is 0 Å². The van der Waals surface area contributed by atoms with E-state index >= 15 is 0 Å². The van der Waals surface area contributed by atoms with Gasteiger partial charge < -0.3 is 19.9 Å². The Morgan fingerprint density at radius 1 is 1.17 bits per heavy atom. The third-order valence-corrected chi connectivity index (χ3v) is 5.91. The zero-order chi connectivity index (χ0) is 21.4. The Hall–Kier alpha value is -3.06. The SMILES string of the molecule is COc1ccc2ccccc2c1C1NC(=O)N(C)C2=C1C(=O)N(CCCN(C)C)C2. The fourth-order valence-corrected chi connectivity index (χ4v) is 4.35. The van der Waals surface area contributed by atoms with Crippen LogP contribution < -0.4 is 10.1 Å². The highest BCUT2D eigenvalue weighted by atomic mass is 16.5. The summed E-state index contributed by atoms with van der Waals surface area (Å²) in [6.07, 6.45) is 0.882. The van der Waals surface area contributed by atoms with Gasteiger partial charge in [0, 0.05) is 19.2 Å². The van der Waals surface area contributed by atoms with Crippen LogP contribution in [0.5, 0.6) is 5.75 Å². The number of benzene rings is 2. The summed E-state index contributed by atoms with van der Waals surface area (Å²) in [5.74, 6) is 0.643. The standard InChI is InChI=1S/C23H28N4O3/c1-25(2)12-7-13-27-14-17-20(22(27)28)21(24-23(29)26(17)3)19-16-9-6-5-8-15(16)10-11-18(19)30-4/h5-6,8-11,21H,7,12-14H2,1-4H3,(H,24,29). The summed E-state index contributed by atoms with van der Waals surface area (Å²) < 4.78 is 5.65.